The first-order valence-electron chi connectivity index (χ1n) is 7.46. The van der Waals surface area contributed by atoms with Crippen LogP contribution in [0.1, 0.15) is 6.92 Å². The lowest BCUT2D eigenvalue weighted by molar-refractivity contribution is -0.114. The number of carbonyl (C=O) groups is 1. The molecule has 0 radical (unpaired) electrons. The van der Waals surface area contributed by atoms with Gasteiger partial charge < -0.3 is 9.88 Å². The third-order valence-corrected chi connectivity index (χ3v) is 5.01. The highest BCUT2D eigenvalue weighted by Gasteiger charge is 2.09. The molecule has 0 aliphatic carbocycles. The number of nitrogens with one attached hydrogen (secondary N) is 1. The monoisotopic (exact) mass is 391 g/mol. The van der Waals surface area contributed by atoms with Crippen molar-refractivity contribution in [2.45, 2.75) is 6.92 Å². The Morgan fingerprint density at radius 3 is 2.52 bits per heavy atom. The Kier molecular flexibility index (Phi) is 5.27. The molecule has 1 aromatic heterocycles. The maximum atomic E-state index is 11.1. The fraction of sp³-hybridized carbons (Fsp3) is 0.111. The second-order valence-electron chi connectivity index (χ2n) is 5.43. The summed E-state index contributed by atoms with van der Waals surface area (Å²) in [7, 11) is 1.95. The number of carbonyl (C=O) groups excluding carboxylic acids is 1. The van der Waals surface area contributed by atoms with Crippen molar-refractivity contribution in [2.75, 3.05) is 5.32 Å². The summed E-state index contributed by atoms with van der Waals surface area (Å²) in [6.07, 6.45) is 0. The Morgan fingerprint density at radius 2 is 1.88 bits per heavy atom. The van der Waals surface area contributed by atoms with E-state index >= 15 is 0 Å². The summed E-state index contributed by atoms with van der Waals surface area (Å²) in [6, 6.07) is 12.8. The number of hydrogen-bond donors (Lipinski definition) is 1. The summed E-state index contributed by atoms with van der Waals surface area (Å²) >= 11 is 13.8. The van der Waals surface area contributed by atoms with Crippen molar-refractivity contribution in [3.63, 3.8) is 0 Å². The molecule has 0 unspecified atom stereocenters. The van der Waals surface area contributed by atoms with Gasteiger partial charge in [0.2, 0.25) is 5.91 Å². The van der Waals surface area contributed by atoms with Gasteiger partial charge in [0.15, 0.2) is 4.80 Å². The number of halogens is 2. The van der Waals surface area contributed by atoms with E-state index in [1.165, 1.54) is 18.3 Å². The van der Waals surface area contributed by atoms with Crippen LogP contribution < -0.4 is 10.1 Å². The van der Waals surface area contributed by atoms with Gasteiger partial charge >= 0.3 is 0 Å². The number of nitrogens with zero attached hydrogens (tertiary/aromatic N) is 2. The molecule has 1 amide bonds. The third kappa shape index (κ3) is 4.12. The van der Waals surface area contributed by atoms with Crippen molar-refractivity contribution in [1.82, 2.24) is 4.57 Å². The summed E-state index contributed by atoms with van der Waals surface area (Å²) in [6.45, 7) is 1.48. The highest BCUT2D eigenvalue weighted by molar-refractivity contribution is 7.07. The minimum atomic E-state index is -0.0983. The van der Waals surface area contributed by atoms with Crippen LogP contribution in [0.4, 0.5) is 11.4 Å². The highest BCUT2D eigenvalue weighted by atomic mass is 35.5. The molecule has 2 aromatic carbocycles. The average Bonchev–Trinajstić information content (AvgIpc) is 2.90. The second kappa shape index (κ2) is 7.44. The number of benzene rings is 2. The summed E-state index contributed by atoms with van der Waals surface area (Å²) in [4.78, 5) is 16.6. The van der Waals surface area contributed by atoms with Gasteiger partial charge in [0, 0.05) is 35.6 Å². The van der Waals surface area contributed by atoms with Crippen molar-refractivity contribution in [3.05, 3.63) is 62.7 Å². The first-order valence-corrected chi connectivity index (χ1v) is 9.10. The summed E-state index contributed by atoms with van der Waals surface area (Å²) in [5, 5.41) is 5.96. The van der Waals surface area contributed by atoms with Crippen LogP contribution >= 0.6 is 34.5 Å². The third-order valence-electron chi connectivity index (χ3n) is 3.54. The first kappa shape index (κ1) is 17.7. The highest BCUT2D eigenvalue weighted by Crippen LogP contribution is 2.30. The SMILES string of the molecule is CC(=O)Nc1ccc(N=c2scc(-c3ccc(Cl)cc3Cl)n2C)cc1. The first-order chi connectivity index (χ1) is 11.9. The van der Waals surface area contributed by atoms with Crippen LogP contribution in [0.25, 0.3) is 11.3 Å². The molecular weight excluding hydrogens is 377 g/mol. The molecule has 1 heterocycles. The lowest BCUT2D eigenvalue weighted by Crippen LogP contribution is -2.11. The van der Waals surface area contributed by atoms with Crippen LogP contribution in [0.5, 0.6) is 0 Å². The van der Waals surface area contributed by atoms with Crippen molar-refractivity contribution in [3.8, 4) is 11.3 Å². The molecule has 0 saturated carbocycles. The van der Waals surface area contributed by atoms with Crippen molar-refractivity contribution >= 4 is 51.8 Å². The lowest BCUT2D eigenvalue weighted by atomic mass is 10.2. The average molecular weight is 392 g/mol. The molecule has 0 atom stereocenters. The number of hydrogen-bond acceptors (Lipinski definition) is 3. The van der Waals surface area contributed by atoms with Gasteiger partial charge in [0.25, 0.3) is 0 Å². The van der Waals surface area contributed by atoms with Gasteiger partial charge in [-0.3, -0.25) is 4.79 Å². The maximum absolute atomic E-state index is 11.1. The Hall–Kier alpha value is -2.08. The Bertz CT molecular complexity index is 990. The fourth-order valence-corrected chi connectivity index (χ4v) is 3.77. The lowest BCUT2D eigenvalue weighted by Gasteiger charge is -2.06. The number of rotatable bonds is 3. The topological polar surface area (TPSA) is 46.4 Å². The van der Waals surface area contributed by atoms with E-state index in [-0.39, 0.29) is 5.91 Å². The van der Waals surface area contributed by atoms with E-state index in [2.05, 4.69) is 10.3 Å². The van der Waals surface area contributed by atoms with Crippen LogP contribution in [0.3, 0.4) is 0 Å². The van der Waals surface area contributed by atoms with Crippen LogP contribution in [-0.4, -0.2) is 10.5 Å². The van der Waals surface area contributed by atoms with E-state index in [0.29, 0.717) is 10.0 Å². The van der Waals surface area contributed by atoms with Crippen LogP contribution in [0.15, 0.2) is 52.8 Å². The predicted octanol–water partition coefficient (Wildman–Crippen LogP) is 5.25. The van der Waals surface area contributed by atoms with Crippen LogP contribution in [0.2, 0.25) is 10.0 Å². The molecule has 0 aliphatic heterocycles. The van der Waals surface area contributed by atoms with E-state index in [9.17, 15) is 4.79 Å². The smallest absolute Gasteiger partial charge is 0.221 e. The molecule has 1 N–H and O–H groups in total. The molecule has 3 rings (SSSR count). The minimum absolute atomic E-state index is 0.0983. The number of amides is 1. The van der Waals surface area contributed by atoms with Crippen molar-refractivity contribution < 1.29 is 4.79 Å². The van der Waals surface area contributed by atoms with Gasteiger partial charge in [-0.15, -0.1) is 11.3 Å². The molecule has 128 valence electrons. The van der Waals surface area contributed by atoms with Gasteiger partial charge in [0.1, 0.15) is 0 Å². The number of aromatic nitrogens is 1. The molecule has 3 aromatic rings. The quantitative estimate of drug-likeness (QED) is 0.650. The molecule has 0 spiro atoms. The Labute approximate surface area is 159 Å². The Morgan fingerprint density at radius 1 is 1.16 bits per heavy atom. The molecular formula is C18H15Cl2N3OS. The molecule has 0 aliphatic rings. The van der Waals surface area contributed by atoms with E-state index in [1.807, 2.05) is 53.4 Å². The molecule has 0 saturated heterocycles. The van der Waals surface area contributed by atoms with E-state index in [4.69, 9.17) is 23.2 Å². The van der Waals surface area contributed by atoms with Crippen molar-refractivity contribution in [2.24, 2.45) is 12.0 Å². The van der Waals surface area contributed by atoms with Crippen LogP contribution in [-0.2, 0) is 11.8 Å². The molecule has 0 bridgehead atoms. The second-order valence-corrected chi connectivity index (χ2v) is 7.11. The number of thiazole rings is 1. The molecule has 7 heteroatoms. The fourth-order valence-electron chi connectivity index (χ4n) is 2.35. The van der Waals surface area contributed by atoms with Gasteiger partial charge in [-0.1, -0.05) is 23.2 Å². The molecule has 4 nitrogen and oxygen atoms in total. The molecule has 0 fully saturated rings. The zero-order valence-corrected chi connectivity index (χ0v) is 15.9. The molecule has 25 heavy (non-hydrogen) atoms. The zero-order chi connectivity index (χ0) is 18.0. The number of anilines is 1. The predicted molar refractivity (Wildman–Crippen MR) is 105 cm³/mol. The van der Waals surface area contributed by atoms with E-state index < -0.39 is 0 Å². The van der Waals surface area contributed by atoms with Gasteiger partial charge in [-0.05, 0) is 42.5 Å². The largest absolute Gasteiger partial charge is 0.326 e. The van der Waals surface area contributed by atoms with Gasteiger partial charge in [-0.25, -0.2) is 4.99 Å². The summed E-state index contributed by atoms with van der Waals surface area (Å²) in [5.74, 6) is -0.0983. The normalized spacial score (nSPS) is 11.6. The van der Waals surface area contributed by atoms with E-state index in [0.717, 1.165) is 27.4 Å². The maximum Gasteiger partial charge on any atom is 0.221 e. The minimum Gasteiger partial charge on any atom is -0.326 e. The standard InChI is InChI=1S/C18H15Cl2N3OS/c1-11(24)21-13-4-6-14(7-5-13)22-18-23(2)17(10-25-18)15-8-3-12(19)9-16(15)20/h3-10H,1-2H3,(H,21,24). The van der Waals surface area contributed by atoms with Gasteiger partial charge in [-0.2, -0.15) is 0 Å². The zero-order valence-electron chi connectivity index (χ0n) is 13.6. The Balaban J connectivity index is 1.95. The summed E-state index contributed by atoms with van der Waals surface area (Å²) < 4.78 is 1.99. The summed E-state index contributed by atoms with van der Waals surface area (Å²) in [5.41, 5.74) is 3.43. The van der Waals surface area contributed by atoms with Crippen molar-refractivity contribution in [1.29, 1.82) is 0 Å². The van der Waals surface area contributed by atoms with Gasteiger partial charge in [0.05, 0.1) is 16.4 Å². The van der Waals surface area contributed by atoms with E-state index in [1.54, 1.807) is 6.07 Å². The van der Waals surface area contributed by atoms with Crippen LogP contribution in [0, 0.1) is 0 Å².